The van der Waals surface area contributed by atoms with E-state index in [4.69, 9.17) is 15.7 Å². The molecule has 7 nitrogen and oxygen atoms in total. The van der Waals surface area contributed by atoms with Crippen molar-refractivity contribution in [2.24, 2.45) is 10.9 Å². The quantitative estimate of drug-likeness (QED) is 0.326. The van der Waals surface area contributed by atoms with Crippen LogP contribution >= 0.6 is 0 Å². The van der Waals surface area contributed by atoms with Gasteiger partial charge in [0.1, 0.15) is 5.82 Å². The third kappa shape index (κ3) is 3.82. The minimum atomic E-state index is -0.527. The zero-order valence-corrected chi connectivity index (χ0v) is 11.4. The number of halogens is 1. The lowest BCUT2D eigenvalue weighted by Gasteiger charge is -2.27. The third-order valence-electron chi connectivity index (χ3n) is 3.18. The molecule has 0 atom stereocenters. The number of nitrogens with zero attached hydrogens (tertiary/aromatic N) is 2. The highest BCUT2D eigenvalue weighted by Crippen LogP contribution is 2.10. The van der Waals surface area contributed by atoms with E-state index < -0.39 is 5.82 Å². The molecule has 0 aromatic heterocycles. The number of hydrogen-bond donors (Lipinski definition) is 3. The molecule has 1 saturated heterocycles. The zero-order chi connectivity index (χ0) is 15.2. The van der Waals surface area contributed by atoms with E-state index in [0.717, 1.165) is 6.07 Å². The van der Waals surface area contributed by atoms with E-state index in [2.05, 4.69) is 10.5 Å². The molecule has 8 heteroatoms. The average Bonchev–Trinajstić information content (AvgIpc) is 2.53. The molecule has 2 amide bonds. The SMILES string of the molecule is NC(=NO)c1ccc(CNC(=O)N2CCOCC2)c(F)c1. The van der Waals surface area contributed by atoms with E-state index in [1.807, 2.05) is 0 Å². The summed E-state index contributed by atoms with van der Waals surface area (Å²) in [5, 5.41) is 14.0. The summed E-state index contributed by atoms with van der Waals surface area (Å²) in [7, 11) is 0. The fourth-order valence-corrected chi connectivity index (χ4v) is 1.96. The Morgan fingerprint density at radius 1 is 1.48 bits per heavy atom. The van der Waals surface area contributed by atoms with Crippen molar-refractivity contribution in [2.75, 3.05) is 26.3 Å². The number of oxime groups is 1. The number of carbonyl (C=O) groups is 1. The Morgan fingerprint density at radius 2 is 2.19 bits per heavy atom. The number of amidine groups is 1. The van der Waals surface area contributed by atoms with Crippen molar-refractivity contribution in [3.63, 3.8) is 0 Å². The number of rotatable bonds is 3. The molecule has 21 heavy (non-hydrogen) atoms. The van der Waals surface area contributed by atoms with Crippen molar-refractivity contribution in [1.29, 1.82) is 0 Å². The Kier molecular flexibility index (Phi) is 4.94. The van der Waals surface area contributed by atoms with Gasteiger partial charge in [-0.1, -0.05) is 17.3 Å². The number of urea groups is 1. The smallest absolute Gasteiger partial charge is 0.317 e. The van der Waals surface area contributed by atoms with Crippen LogP contribution in [0.15, 0.2) is 23.4 Å². The van der Waals surface area contributed by atoms with Crippen molar-refractivity contribution in [3.8, 4) is 0 Å². The average molecular weight is 296 g/mol. The number of nitrogens with one attached hydrogen (secondary N) is 1. The van der Waals surface area contributed by atoms with Crippen molar-refractivity contribution < 1.29 is 19.1 Å². The molecule has 1 fully saturated rings. The van der Waals surface area contributed by atoms with Crippen LogP contribution in [-0.2, 0) is 11.3 Å². The number of amides is 2. The largest absolute Gasteiger partial charge is 0.409 e. The molecule has 1 aliphatic rings. The minimum Gasteiger partial charge on any atom is -0.409 e. The molecule has 1 aromatic rings. The van der Waals surface area contributed by atoms with E-state index in [1.54, 1.807) is 4.90 Å². The maximum absolute atomic E-state index is 13.9. The van der Waals surface area contributed by atoms with Gasteiger partial charge in [0.15, 0.2) is 5.84 Å². The molecule has 0 bridgehead atoms. The van der Waals surface area contributed by atoms with Gasteiger partial charge in [0.2, 0.25) is 0 Å². The number of morpholine rings is 1. The molecule has 114 valence electrons. The molecule has 0 aliphatic carbocycles. The highest BCUT2D eigenvalue weighted by molar-refractivity contribution is 5.97. The maximum atomic E-state index is 13.9. The normalized spacial score (nSPS) is 15.9. The summed E-state index contributed by atoms with van der Waals surface area (Å²) in [6.45, 7) is 2.14. The van der Waals surface area contributed by atoms with Crippen LogP contribution in [-0.4, -0.2) is 48.3 Å². The predicted octanol–water partition coefficient (Wildman–Crippen LogP) is 0.462. The summed E-state index contributed by atoms with van der Waals surface area (Å²) in [5.74, 6) is -0.695. The van der Waals surface area contributed by atoms with Crippen LogP contribution in [0.25, 0.3) is 0 Å². The Balaban J connectivity index is 1.95. The fourth-order valence-electron chi connectivity index (χ4n) is 1.96. The van der Waals surface area contributed by atoms with Crippen LogP contribution in [0.2, 0.25) is 0 Å². The molecule has 0 radical (unpaired) electrons. The Hall–Kier alpha value is -2.35. The molecule has 4 N–H and O–H groups in total. The molecule has 1 aliphatic heterocycles. The number of hydrogen-bond acceptors (Lipinski definition) is 4. The van der Waals surface area contributed by atoms with Gasteiger partial charge in [-0.2, -0.15) is 0 Å². The monoisotopic (exact) mass is 296 g/mol. The summed E-state index contributed by atoms with van der Waals surface area (Å²) in [6.07, 6.45) is 0. The van der Waals surface area contributed by atoms with Crippen molar-refractivity contribution in [3.05, 3.63) is 35.1 Å². The molecule has 1 aromatic carbocycles. The first-order valence-corrected chi connectivity index (χ1v) is 6.48. The Morgan fingerprint density at radius 3 is 2.81 bits per heavy atom. The fraction of sp³-hybridized carbons (Fsp3) is 0.385. The van der Waals surface area contributed by atoms with E-state index in [1.165, 1.54) is 12.1 Å². The van der Waals surface area contributed by atoms with Gasteiger partial charge in [-0.25, -0.2) is 9.18 Å². The van der Waals surface area contributed by atoms with Crippen LogP contribution in [0, 0.1) is 5.82 Å². The second-order valence-electron chi connectivity index (χ2n) is 4.55. The second kappa shape index (κ2) is 6.89. The third-order valence-corrected chi connectivity index (χ3v) is 3.18. The van der Waals surface area contributed by atoms with Crippen molar-refractivity contribution in [2.45, 2.75) is 6.54 Å². The van der Waals surface area contributed by atoms with Gasteiger partial charge in [0.25, 0.3) is 0 Å². The number of benzene rings is 1. The molecule has 0 spiro atoms. The Bertz CT molecular complexity index is 544. The van der Waals surface area contributed by atoms with Crippen LogP contribution in [0.1, 0.15) is 11.1 Å². The molecular formula is C13H17FN4O3. The lowest BCUT2D eigenvalue weighted by molar-refractivity contribution is 0.0531. The van der Waals surface area contributed by atoms with Gasteiger partial charge in [-0.3, -0.25) is 0 Å². The highest BCUT2D eigenvalue weighted by Gasteiger charge is 2.16. The molecule has 2 rings (SSSR count). The molecule has 0 saturated carbocycles. The maximum Gasteiger partial charge on any atom is 0.317 e. The van der Waals surface area contributed by atoms with Crippen LogP contribution in [0.3, 0.4) is 0 Å². The number of ether oxygens (including phenoxy) is 1. The van der Waals surface area contributed by atoms with E-state index in [0.29, 0.717) is 31.9 Å². The predicted molar refractivity (Wildman–Crippen MR) is 73.5 cm³/mol. The first-order chi connectivity index (χ1) is 10.1. The minimum absolute atomic E-state index is 0.0679. The van der Waals surface area contributed by atoms with Gasteiger partial charge >= 0.3 is 6.03 Å². The van der Waals surface area contributed by atoms with E-state index in [9.17, 15) is 9.18 Å². The lowest BCUT2D eigenvalue weighted by atomic mass is 10.1. The number of nitrogens with two attached hydrogens (primary N) is 1. The standard InChI is InChI=1S/C13H17FN4O3/c14-11-7-9(12(15)17-20)1-2-10(11)8-16-13(19)18-3-5-21-6-4-18/h1-2,7,20H,3-6,8H2,(H2,15,17)(H,16,19). The van der Waals surface area contributed by atoms with Crippen LogP contribution in [0.4, 0.5) is 9.18 Å². The summed E-state index contributed by atoms with van der Waals surface area (Å²) in [5.41, 5.74) is 5.98. The summed E-state index contributed by atoms with van der Waals surface area (Å²) in [4.78, 5) is 13.5. The van der Waals surface area contributed by atoms with Gasteiger partial charge in [-0.15, -0.1) is 0 Å². The zero-order valence-electron chi connectivity index (χ0n) is 11.4. The van der Waals surface area contributed by atoms with E-state index in [-0.39, 0.29) is 24.0 Å². The first kappa shape index (κ1) is 15.0. The summed E-state index contributed by atoms with van der Waals surface area (Å²) in [6, 6.07) is 3.92. The molecule has 0 unspecified atom stereocenters. The van der Waals surface area contributed by atoms with Gasteiger partial charge < -0.3 is 25.9 Å². The first-order valence-electron chi connectivity index (χ1n) is 6.48. The summed E-state index contributed by atoms with van der Waals surface area (Å²) >= 11 is 0. The summed E-state index contributed by atoms with van der Waals surface area (Å²) < 4.78 is 19.0. The lowest BCUT2D eigenvalue weighted by Crippen LogP contribution is -2.45. The van der Waals surface area contributed by atoms with Gasteiger partial charge in [0, 0.05) is 30.8 Å². The van der Waals surface area contributed by atoms with Crippen LogP contribution < -0.4 is 11.1 Å². The van der Waals surface area contributed by atoms with Crippen molar-refractivity contribution >= 4 is 11.9 Å². The van der Waals surface area contributed by atoms with Crippen molar-refractivity contribution in [1.82, 2.24) is 10.2 Å². The van der Waals surface area contributed by atoms with Gasteiger partial charge in [0.05, 0.1) is 13.2 Å². The number of carbonyl (C=O) groups excluding carboxylic acids is 1. The Labute approximate surface area is 121 Å². The topological polar surface area (TPSA) is 100 Å². The molecule has 1 heterocycles. The molecular weight excluding hydrogens is 279 g/mol. The van der Waals surface area contributed by atoms with Crippen LogP contribution in [0.5, 0.6) is 0 Å². The second-order valence-corrected chi connectivity index (χ2v) is 4.55. The van der Waals surface area contributed by atoms with E-state index >= 15 is 0 Å². The highest BCUT2D eigenvalue weighted by atomic mass is 19.1. The van der Waals surface area contributed by atoms with Gasteiger partial charge in [-0.05, 0) is 6.07 Å².